The molecule has 3 heterocycles. The molecule has 0 aliphatic carbocycles. The van der Waals surface area contributed by atoms with Gasteiger partial charge in [-0.15, -0.1) is 0 Å². The summed E-state index contributed by atoms with van der Waals surface area (Å²) in [5, 5.41) is 1.23. The van der Waals surface area contributed by atoms with Crippen molar-refractivity contribution in [3.8, 4) is 0 Å². The molecular formula is C18H23N3. The molecule has 2 aromatic rings. The number of para-hydroxylation sites is 1. The van der Waals surface area contributed by atoms with Crippen molar-refractivity contribution in [2.75, 3.05) is 19.6 Å². The van der Waals surface area contributed by atoms with Gasteiger partial charge in [-0.25, -0.2) is 0 Å². The Kier molecular flexibility index (Phi) is 3.40. The first-order valence-electron chi connectivity index (χ1n) is 8.12. The number of piperazine rings is 1. The van der Waals surface area contributed by atoms with Crippen molar-refractivity contribution in [1.82, 2.24) is 14.8 Å². The van der Waals surface area contributed by atoms with E-state index in [1.165, 1.54) is 43.6 Å². The minimum atomic E-state index is 0.632. The van der Waals surface area contributed by atoms with Crippen LogP contribution in [0.4, 0.5) is 0 Å². The topological polar surface area (TPSA) is 19.4 Å². The van der Waals surface area contributed by atoms with Crippen LogP contribution in [0.5, 0.6) is 0 Å². The molecule has 4 rings (SSSR count). The highest BCUT2D eigenvalue weighted by molar-refractivity contribution is 5.78. The van der Waals surface area contributed by atoms with Gasteiger partial charge in [-0.3, -0.25) is 14.8 Å². The molecule has 3 nitrogen and oxygen atoms in total. The molecule has 0 radical (unpaired) electrons. The maximum atomic E-state index is 4.83. The third-order valence-electron chi connectivity index (χ3n) is 5.09. The van der Waals surface area contributed by atoms with Crippen molar-refractivity contribution >= 4 is 10.9 Å². The van der Waals surface area contributed by atoms with Crippen LogP contribution in [0.1, 0.15) is 25.5 Å². The Labute approximate surface area is 126 Å². The molecule has 0 N–H and O–H groups in total. The van der Waals surface area contributed by atoms with Gasteiger partial charge in [-0.05, 0) is 38.4 Å². The van der Waals surface area contributed by atoms with E-state index >= 15 is 0 Å². The van der Waals surface area contributed by atoms with Crippen LogP contribution in [0.3, 0.4) is 0 Å². The van der Waals surface area contributed by atoms with E-state index in [1.807, 2.05) is 0 Å². The normalized spacial score (nSPS) is 27.1. The van der Waals surface area contributed by atoms with Crippen LogP contribution in [0.25, 0.3) is 10.9 Å². The fourth-order valence-corrected chi connectivity index (χ4v) is 3.87. The Hall–Kier alpha value is -1.45. The van der Waals surface area contributed by atoms with E-state index in [-0.39, 0.29) is 0 Å². The van der Waals surface area contributed by atoms with Gasteiger partial charge >= 0.3 is 0 Å². The van der Waals surface area contributed by atoms with Crippen LogP contribution < -0.4 is 0 Å². The summed E-state index contributed by atoms with van der Waals surface area (Å²) in [5.74, 6) is 0. The lowest BCUT2D eigenvalue weighted by Gasteiger charge is -2.42. The van der Waals surface area contributed by atoms with Gasteiger partial charge < -0.3 is 0 Å². The molecule has 0 spiro atoms. The average Bonchev–Trinajstić information content (AvgIpc) is 2.94. The fraction of sp³-hybridized carbons (Fsp3) is 0.500. The monoisotopic (exact) mass is 281 g/mol. The molecular weight excluding hydrogens is 258 g/mol. The molecule has 0 saturated carbocycles. The summed E-state index contributed by atoms with van der Waals surface area (Å²) < 4.78 is 0. The molecule has 110 valence electrons. The van der Waals surface area contributed by atoms with Gasteiger partial charge in [0.25, 0.3) is 0 Å². The summed E-state index contributed by atoms with van der Waals surface area (Å²) in [6.07, 6.45) is 2.74. The number of hydrogen-bond donors (Lipinski definition) is 0. The lowest BCUT2D eigenvalue weighted by molar-refractivity contribution is 0.0532. The van der Waals surface area contributed by atoms with E-state index in [1.54, 1.807) is 0 Å². The predicted molar refractivity (Wildman–Crippen MR) is 86.2 cm³/mol. The van der Waals surface area contributed by atoms with Gasteiger partial charge in [-0.2, -0.15) is 0 Å². The molecule has 1 aromatic carbocycles. The van der Waals surface area contributed by atoms with E-state index in [2.05, 4.69) is 53.1 Å². The van der Waals surface area contributed by atoms with Gasteiger partial charge in [0.15, 0.2) is 0 Å². The lowest BCUT2D eigenvalue weighted by Crippen LogP contribution is -2.54. The number of aromatic nitrogens is 1. The van der Waals surface area contributed by atoms with Gasteiger partial charge in [0, 0.05) is 37.1 Å². The molecule has 2 saturated heterocycles. The molecule has 0 bridgehead atoms. The third kappa shape index (κ3) is 2.56. The molecule has 0 amide bonds. The van der Waals surface area contributed by atoms with E-state index < -0.39 is 0 Å². The standard InChI is InChI=1S/C18H23N3/c1-14-11-20-10-4-6-17(20)13-21(14)12-16-9-8-15-5-2-3-7-18(15)19-16/h2-3,5,7-9,14,17H,4,6,10-13H2,1H3/t14-,17?/m1/s1. The number of benzene rings is 1. The van der Waals surface area contributed by atoms with Crippen LogP contribution in [-0.4, -0.2) is 46.5 Å². The summed E-state index contributed by atoms with van der Waals surface area (Å²) in [6, 6.07) is 14.2. The Morgan fingerprint density at radius 1 is 1.14 bits per heavy atom. The van der Waals surface area contributed by atoms with Crippen LogP contribution in [-0.2, 0) is 6.54 Å². The van der Waals surface area contributed by atoms with Crippen molar-refractivity contribution in [2.45, 2.75) is 38.4 Å². The van der Waals surface area contributed by atoms with Crippen LogP contribution in [0.15, 0.2) is 36.4 Å². The predicted octanol–water partition coefficient (Wildman–Crippen LogP) is 2.90. The second-order valence-corrected chi connectivity index (χ2v) is 6.56. The first kappa shape index (κ1) is 13.2. The molecule has 3 heteroatoms. The molecule has 2 aliphatic rings. The summed E-state index contributed by atoms with van der Waals surface area (Å²) >= 11 is 0. The van der Waals surface area contributed by atoms with Crippen molar-refractivity contribution in [2.24, 2.45) is 0 Å². The molecule has 21 heavy (non-hydrogen) atoms. The molecule has 2 fully saturated rings. The second-order valence-electron chi connectivity index (χ2n) is 6.56. The number of nitrogens with zero attached hydrogens (tertiary/aromatic N) is 3. The fourth-order valence-electron chi connectivity index (χ4n) is 3.87. The number of fused-ring (bicyclic) bond motifs is 2. The Bertz CT molecular complexity index is 639. The van der Waals surface area contributed by atoms with Crippen molar-refractivity contribution in [3.63, 3.8) is 0 Å². The maximum absolute atomic E-state index is 4.83. The highest BCUT2D eigenvalue weighted by Gasteiger charge is 2.34. The van der Waals surface area contributed by atoms with Crippen LogP contribution >= 0.6 is 0 Å². The Morgan fingerprint density at radius 3 is 3.00 bits per heavy atom. The van der Waals surface area contributed by atoms with Crippen LogP contribution in [0.2, 0.25) is 0 Å². The van der Waals surface area contributed by atoms with Gasteiger partial charge in [0.05, 0.1) is 11.2 Å². The van der Waals surface area contributed by atoms with Gasteiger partial charge in [0.1, 0.15) is 0 Å². The minimum absolute atomic E-state index is 0.632. The molecule has 2 atom stereocenters. The van der Waals surface area contributed by atoms with E-state index in [0.29, 0.717) is 6.04 Å². The summed E-state index contributed by atoms with van der Waals surface area (Å²) in [4.78, 5) is 10.1. The zero-order chi connectivity index (χ0) is 14.2. The van der Waals surface area contributed by atoms with E-state index in [9.17, 15) is 0 Å². The molecule has 2 aliphatic heterocycles. The Balaban J connectivity index is 1.53. The highest BCUT2D eigenvalue weighted by Crippen LogP contribution is 2.25. The summed E-state index contributed by atoms with van der Waals surface area (Å²) in [5.41, 5.74) is 2.31. The Morgan fingerprint density at radius 2 is 2.05 bits per heavy atom. The summed E-state index contributed by atoms with van der Waals surface area (Å²) in [6.45, 7) is 7.07. The lowest BCUT2D eigenvalue weighted by atomic mass is 10.1. The molecule has 1 unspecified atom stereocenters. The van der Waals surface area contributed by atoms with E-state index in [0.717, 1.165) is 18.1 Å². The van der Waals surface area contributed by atoms with Crippen LogP contribution in [0, 0.1) is 0 Å². The SMILES string of the molecule is C[C@@H]1CN2CCCC2CN1Cc1ccc2ccccc2n1. The summed E-state index contributed by atoms with van der Waals surface area (Å²) in [7, 11) is 0. The van der Waals surface area contributed by atoms with Gasteiger partial charge in [-0.1, -0.05) is 24.3 Å². The molecule has 1 aromatic heterocycles. The number of rotatable bonds is 2. The zero-order valence-corrected chi connectivity index (χ0v) is 12.7. The largest absolute Gasteiger partial charge is 0.298 e. The highest BCUT2D eigenvalue weighted by atomic mass is 15.3. The van der Waals surface area contributed by atoms with Crippen molar-refractivity contribution in [1.29, 1.82) is 0 Å². The second kappa shape index (κ2) is 5.39. The van der Waals surface area contributed by atoms with Crippen molar-refractivity contribution < 1.29 is 0 Å². The van der Waals surface area contributed by atoms with Gasteiger partial charge in [0.2, 0.25) is 0 Å². The first-order chi connectivity index (χ1) is 10.3. The van der Waals surface area contributed by atoms with Crippen molar-refractivity contribution in [3.05, 3.63) is 42.1 Å². The average molecular weight is 281 g/mol. The zero-order valence-electron chi connectivity index (χ0n) is 12.7. The number of pyridine rings is 1. The van der Waals surface area contributed by atoms with E-state index in [4.69, 9.17) is 4.98 Å². The minimum Gasteiger partial charge on any atom is -0.298 e. The number of hydrogen-bond acceptors (Lipinski definition) is 3. The maximum Gasteiger partial charge on any atom is 0.0705 e. The quantitative estimate of drug-likeness (QED) is 0.844. The third-order valence-corrected chi connectivity index (χ3v) is 5.09. The smallest absolute Gasteiger partial charge is 0.0705 e. The first-order valence-corrected chi connectivity index (χ1v) is 8.12.